The van der Waals surface area contributed by atoms with Gasteiger partial charge in [-0.1, -0.05) is 23.7 Å². The van der Waals surface area contributed by atoms with Gasteiger partial charge >= 0.3 is 0 Å². The number of fused-ring (bicyclic) bond motifs is 1. The topological polar surface area (TPSA) is 95.5 Å². The highest BCUT2D eigenvalue weighted by molar-refractivity contribution is 9.10. The van der Waals surface area contributed by atoms with Gasteiger partial charge in [-0.15, -0.1) is 0 Å². The number of ether oxygens (including phenoxy) is 4. The SMILES string of the molecule is COc1cc(/C=N\NS(=O)(=O)c2ccc3c(c2)OCCO3)cc(Br)c1OCc1ccc(Cl)cc1. The van der Waals surface area contributed by atoms with Gasteiger partial charge in [0.2, 0.25) is 0 Å². The number of hydrazone groups is 1. The summed E-state index contributed by atoms with van der Waals surface area (Å²) in [6.45, 7) is 1.10. The molecule has 0 radical (unpaired) electrons. The lowest BCUT2D eigenvalue weighted by Gasteiger charge is -2.18. The molecule has 0 aromatic heterocycles. The maximum atomic E-state index is 12.6. The zero-order valence-corrected chi connectivity index (χ0v) is 21.1. The van der Waals surface area contributed by atoms with Crippen LogP contribution in [0, 0.1) is 0 Å². The minimum atomic E-state index is -3.90. The van der Waals surface area contributed by atoms with Crippen molar-refractivity contribution in [3.63, 3.8) is 0 Å². The van der Waals surface area contributed by atoms with Crippen molar-refractivity contribution in [3.05, 3.63) is 75.2 Å². The molecule has 3 aromatic carbocycles. The van der Waals surface area contributed by atoms with Crippen molar-refractivity contribution >= 4 is 43.8 Å². The molecule has 3 aromatic rings. The lowest BCUT2D eigenvalue weighted by atomic mass is 10.2. The van der Waals surface area contributed by atoms with E-state index in [1.807, 2.05) is 12.1 Å². The summed E-state index contributed by atoms with van der Waals surface area (Å²) in [6.07, 6.45) is 1.37. The summed E-state index contributed by atoms with van der Waals surface area (Å²) in [5.74, 6) is 1.84. The van der Waals surface area contributed by atoms with Gasteiger partial charge in [-0.3, -0.25) is 0 Å². The van der Waals surface area contributed by atoms with Gasteiger partial charge < -0.3 is 18.9 Å². The Morgan fingerprint density at radius 2 is 1.82 bits per heavy atom. The molecule has 4 rings (SSSR count). The van der Waals surface area contributed by atoms with Crippen LogP contribution in [0.3, 0.4) is 0 Å². The van der Waals surface area contributed by atoms with E-state index >= 15 is 0 Å². The lowest BCUT2D eigenvalue weighted by molar-refractivity contribution is 0.171. The molecule has 1 aliphatic heterocycles. The second-order valence-electron chi connectivity index (χ2n) is 7.11. The Labute approximate surface area is 210 Å². The number of rotatable bonds is 8. The lowest BCUT2D eigenvalue weighted by Crippen LogP contribution is -2.20. The quantitative estimate of drug-likeness (QED) is 0.311. The van der Waals surface area contributed by atoms with Gasteiger partial charge in [0.15, 0.2) is 23.0 Å². The van der Waals surface area contributed by atoms with Crippen LogP contribution in [0.25, 0.3) is 0 Å². The summed E-state index contributed by atoms with van der Waals surface area (Å²) in [4.78, 5) is 2.21. The summed E-state index contributed by atoms with van der Waals surface area (Å²) in [5, 5.41) is 4.53. The summed E-state index contributed by atoms with van der Waals surface area (Å²) in [5.41, 5.74) is 1.53. The highest BCUT2D eigenvalue weighted by Crippen LogP contribution is 2.37. The van der Waals surface area contributed by atoms with Crippen LogP contribution in [0.4, 0.5) is 0 Å². The summed E-state index contributed by atoms with van der Waals surface area (Å²) < 4.78 is 48.1. The van der Waals surface area contributed by atoms with Crippen LogP contribution >= 0.6 is 27.5 Å². The molecule has 0 aliphatic carbocycles. The van der Waals surface area contributed by atoms with Gasteiger partial charge in [-0.05, 0) is 63.5 Å². The zero-order chi connectivity index (χ0) is 24.1. The van der Waals surface area contributed by atoms with Crippen molar-refractivity contribution in [1.29, 1.82) is 0 Å². The van der Waals surface area contributed by atoms with E-state index in [0.29, 0.717) is 57.9 Å². The van der Waals surface area contributed by atoms with Gasteiger partial charge in [-0.2, -0.15) is 13.5 Å². The first kappa shape index (κ1) is 24.2. The second kappa shape index (κ2) is 10.5. The van der Waals surface area contributed by atoms with E-state index in [0.717, 1.165) is 5.56 Å². The summed E-state index contributed by atoms with van der Waals surface area (Å²) >= 11 is 9.39. The van der Waals surface area contributed by atoms with Crippen molar-refractivity contribution < 1.29 is 27.4 Å². The van der Waals surface area contributed by atoms with Crippen molar-refractivity contribution in [2.75, 3.05) is 20.3 Å². The number of nitrogens with one attached hydrogen (secondary N) is 1. The number of hydrogen-bond donors (Lipinski definition) is 1. The monoisotopic (exact) mass is 566 g/mol. The van der Waals surface area contributed by atoms with Crippen LogP contribution in [0.15, 0.2) is 69.1 Å². The summed E-state index contributed by atoms with van der Waals surface area (Å²) in [7, 11) is -2.38. The van der Waals surface area contributed by atoms with Crippen LogP contribution in [-0.2, 0) is 16.6 Å². The van der Waals surface area contributed by atoms with E-state index in [-0.39, 0.29) is 4.90 Å². The third-order valence-corrected chi connectivity index (χ3v) is 6.82. The molecule has 0 unspecified atom stereocenters. The van der Waals surface area contributed by atoms with Crippen LogP contribution in [0.1, 0.15) is 11.1 Å². The highest BCUT2D eigenvalue weighted by atomic mass is 79.9. The zero-order valence-electron chi connectivity index (χ0n) is 18.0. The minimum absolute atomic E-state index is 0.0126. The first-order chi connectivity index (χ1) is 16.4. The molecule has 0 spiro atoms. The third kappa shape index (κ3) is 5.75. The Kier molecular flexibility index (Phi) is 7.50. The first-order valence-electron chi connectivity index (χ1n) is 10.0. The predicted molar refractivity (Wildman–Crippen MR) is 132 cm³/mol. The third-order valence-electron chi connectivity index (χ3n) is 4.76. The van der Waals surface area contributed by atoms with Gasteiger partial charge in [0, 0.05) is 11.1 Å². The van der Waals surface area contributed by atoms with Crippen LogP contribution in [0.5, 0.6) is 23.0 Å². The standard InChI is InChI=1S/C23H20BrClN2O6S/c1-30-22-11-16(10-19(24)23(22)33-14-15-2-4-17(25)5-3-15)13-26-27-34(28,29)18-6-7-20-21(12-18)32-9-8-31-20/h2-7,10-13,27H,8-9,14H2,1H3/b26-13-. The van der Waals surface area contributed by atoms with Crippen molar-refractivity contribution in [2.24, 2.45) is 5.10 Å². The van der Waals surface area contributed by atoms with E-state index in [2.05, 4.69) is 25.9 Å². The molecule has 178 valence electrons. The molecule has 0 bridgehead atoms. The van der Waals surface area contributed by atoms with E-state index in [1.165, 1.54) is 25.5 Å². The van der Waals surface area contributed by atoms with E-state index in [4.69, 9.17) is 30.5 Å². The van der Waals surface area contributed by atoms with Gasteiger partial charge in [0.1, 0.15) is 19.8 Å². The Balaban J connectivity index is 1.46. The molecular formula is C23H20BrClN2O6S. The van der Waals surface area contributed by atoms with Crippen LogP contribution in [0.2, 0.25) is 5.02 Å². The fraction of sp³-hybridized carbons (Fsp3) is 0.174. The fourth-order valence-corrected chi connectivity index (χ4v) is 4.61. The van der Waals surface area contributed by atoms with Gasteiger partial charge in [-0.25, -0.2) is 4.83 Å². The molecule has 34 heavy (non-hydrogen) atoms. The van der Waals surface area contributed by atoms with Gasteiger partial charge in [0.05, 0.1) is 22.7 Å². The molecule has 0 saturated heterocycles. The Morgan fingerprint density at radius 3 is 2.56 bits per heavy atom. The van der Waals surface area contributed by atoms with Crippen molar-refractivity contribution in [3.8, 4) is 23.0 Å². The maximum Gasteiger partial charge on any atom is 0.276 e. The predicted octanol–water partition coefficient (Wildman–Crippen LogP) is 4.77. The molecule has 0 saturated carbocycles. The molecule has 0 amide bonds. The molecule has 1 heterocycles. The van der Waals surface area contributed by atoms with Crippen LogP contribution in [-0.4, -0.2) is 35.0 Å². The van der Waals surface area contributed by atoms with Crippen LogP contribution < -0.4 is 23.8 Å². The average Bonchev–Trinajstić information content (AvgIpc) is 2.83. The highest BCUT2D eigenvalue weighted by Gasteiger charge is 2.19. The number of benzene rings is 3. The smallest absolute Gasteiger partial charge is 0.276 e. The maximum absolute atomic E-state index is 12.6. The van der Waals surface area contributed by atoms with Gasteiger partial charge in [0.25, 0.3) is 10.0 Å². The summed E-state index contributed by atoms with van der Waals surface area (Å²) in [6, 6.07) is 15.1. The molecule has 11 heteroatoms. The Morgan fingerprint density at radius 1 is 1.09 bits per heavy atom. The average molecular weight is 568 g/mol. The molecule has 1 N–H and O–H groups in total. The normalized spacial score (nSPS) is 13.0. The number of sulfonamides is 1. The largest absolute Gasteiger partial charge is 0.493 e. The van der Waals surface area contributed by atoms with E-state index in [9.17, 15) is 8.42 Å². The molecular weight excluding hydrogens is 548 g/mol. The van der Waals surface area contributed by atoms with E-state index in [1.54, 1.807) is 30.3 Å². The molecule has 0 fully saturated rings. The first-order valence-corrected chi connectivity index (χ1v) is 12.7. The number of nitrogens with zero attached hydrogens (tertiary/aromatic N) is 1. The molecule has 8 nitrogen and oxygen atoms in total. The molecule has 1 aliphatic rings. The number of hydrogen-bond acceptors (Lipinski definition) is 7. The fourth-order valence-electron chi connectivity index (χ4n) is 3.10. The Bertz CT molecular complexity index is 1320. The molecule has 0 atom stereocenters. The Hall–Kier alpha value is -2.95. The number of methoxy groups -OCH3 is 1. The minimum Gasteiger partial charge on any atom is -0.493 e. The number of halogens is 2. The van der Waals surface area contributed by atoms with Crippen molar-refractivity contribution in [2.45, 2.75) is 11.5 Å². The van der Waals surface area contributed by atoms with Crippen molar-refractivity contribution in [1.82, 2.24) is 4.83 Å². The second-order valence-corrected chi connectivity index (χ2v) is 10.1. The van der Waals surface area contributed by atoms with E-state index < -0.39 is 10.0 Å².